The highest BCUT2D eigenvalue weighted by Gasteiger charge is 2.41. The average Bonchev–Trinajstić information content (AvgIpc) is 2.96. The van der Waals surface area contributed by atoms with Crippen LogP contribution in [0, 0.1) is 17.2 Å². The summed E-state index contributed by atoms with van der Waals surface area (Å²) < 4.78 is 0. The molecule has 0 aromatic rings. The van der Waals surface area contributed by atoms with Crippen LogP contribution in [0.3, 0.4) is 0 Å². The first-order valence-electron chi connectivity index (χ1n) is 8.71. The molecule has 1 N–H and O–H groups in total. The van der Waals surface area contributed by atoms with E-state index >= 15 is 0 Å². The van der Waals surface area contributed by atoms with E-state index in [2.05, 4.69) is 35.0 Å². The highest BCUT2D eigenvalue weighted by atomic mass is 15.3. The van der Waals surface area contributed by atoms with E-state index in [1.165, 1.54) is 45.4 Å². The molecular weight excluding hydrogens is 260 g/mol. The maximum absolute atomic E-state index is 9.51. The second-order valence-corrected chi connectivity index (χ2v) is 6.85. The number of hydrogen-bond donors (Lipinski definition) is 1. The lowest BCUT2D eigenvalue weighted by Gasteiger charge is -2.38. The Morgan fingerprint density at radius 3 is 2.62 bits per heavy atom. The molecule has 0 spiro atoms. The summed E-state index contributed by atoms with van der Waals surface area (Å²) in [5.41, 5.74) is -0.251. The summed E-state index contributed by atoms with van der Waals surface area (Å²) in [5, 5.41) is 12.8. The van der Waals surface area contributed by atoms with E-state index in [0.717, 1.165) is 25.4 Å². The Bertz CT molecular complexity index is 356. The molecule has 0 bridgehead atoms. The largest absolute Gasteiger partial charge is 0.302 e. The molecule has 0 aromatic heterocycles. The summed E-state index contributed by atoms with van der Waals surface area (Å²) in [6.45, 7) is 10.6. The third kappa shape index (κ3) is 3.77. The molecule has 4 heteroatoms. The molecule has 21 heavy (non-hydrogen) atoms. The van der Waals surface area contributed by atoms with Crippen molar-refractivity contribution in [3.05, 3.63) is 0 Å². The van der Waals surface area contributed by atoms with Crippen LogP contribution in [0.4, 0.5) is 0 Å². The van der Waals surface area contributed by atoms with E-state index < -0.39 is 0 Å². The Morgan fingerprint density at radius 2 is 2.05 bits per heavy atom. The highest BCUT2D eigenvalue weighted by Crippen LogP contribution is 2.37. The first kappa shape index (κ1) is 16.7. The van der Waals surface area contributed by atoms with Gasteiger partial charge in [0.25, 0.3) is 0 Å². The third-order valence-corrected chi connectivity index (χ3v) is 5.88. The van der Waals surface area contributed by atoms with Crippen molar-refractivity contribution in [2.75, 3.05) is 39.8 Å². The molecule has 3 unspecified atom stereocenters. The van der Waals surface area contributed by atoms with E-state index in [-0.39, 0.29) is 5.54 Å². The number of piperazine rings is 1. The van der Waals surface area contributed by atoms with Gasteiger partial charge in [-0.1, -0.05) is 13.3 Å². The third-order valence-electron chi connectivity index (χ3n) is 5.88. The van der Waals surface area contributed by atoms with Gasteiger partial charge in [-0.05, 0) is 52.1 Å². The molecule has 1 heterocycles. The van der Waals surface area contributed by atoms with Crippen molar-refractivity contribution >= 4 is 0 Å². The number of nitriles is 1. The molecule has 2 fully saturated rings. The average molecular weight is 292 g/mol. The first-order chi connectivity index (χ1) is 10.1. The zero-order chi connectivity index (χ0) is 15.3. The van der Waals surface area contributed by atoms with Crippen molar-refractivity contribution in [1.29, 1.82) is 5.26 Å². The first-order valence-corrected chi connectivity index (χ1v) is 8.71. The molecule has 2 aliphatic rings. The minimum absolute atomic E-state index is 0.251. The fourth-order valence-electron chi connectivity index (χ4n) is 4.03. The molecular formula is C17H32N4. The summed E-state index contributed by atoms with van der Waals surface area (Å²) in [7, 11) is 1.95. The van der Waals surface area contributed by atoms with Crippen LogP contribution in [0.5, 0.6) is 0 Å². The van der Waals surface area contributed by atoms with Crippen molar-refractivity contribution in [2.45, 2.75) is 57.5 Å². The SMILES string of the molecule is CCC(C)N1CCN(CCC2CCCC2(C#N)NC)CC1. The van der Waals surface area contributed by atoms with Crippen molar-refractivity contribution in [3.8, 4) is 6.07 Å². The number of nitrogens with one attached hydrogen (secondary N) is 1. The highest BCUT2D eigenvalue weighted by molar-refractivity contribution is 5.13. The lowest BCUT2D eigenvalue weighted by Crippen LogP contribution is -2.50. The molecule has 1 saturated heterocycles. The lowest BCUT2D eigenvalue weighted by atomic mass is 9.86. The van der Waals surface area contributed by atoms with Gasteiger partial charge in [0, 0.05) is 32.2 Å². The van der Waals surface area contributed by atoms with Gasteiger partial charge in [0.15, 0.2) is 0 Å². The smallest absolute Gasteiger partial charge is 0.109 e. The van der Waals surface area contributed by atoms with E-state index in [1.807, 2.05) is 7.05 Å². The molecule has 3 atom stereocenters. The Labute approximate surface area is 130 Å². The molecule has 120 valence electrons. The predicted molar refractivity (Wildman–Crippen MR) is 87.1 cm³/mol. The van der Waals surface area contributed by atoms with E-state index in [4.69, 9.17) is 0 Å². The number of rotatable bonds is 6. The fourth-order valence-corrected chi connectivity index (χ4v) is 4.03. The van der Waals surface area contributed by atoms with Crippen LogP contribution in [0.15, 0.2) is 0 Å². The quantitative estimate of drug-likeness (QED) is 0.814. The normalized spacial score (nSPS) is 33.0. The van der Waals surface area contributed by atoms with Crippen LogP contribution in [0.1, 0.15) is 46.0 Å². The van der Waals surface area contributed by atoms with Crippen LogP contribution >= 0.6 is 0 Å². The van der Waals surface area contributed by atoms with Gasteiger partial charge < -0.3 is 10.2 Å². The molecule has 0 aromatic carbocycles. The van der Waals surface area contributed by atoms with E-state index in [0.29, 0.717) is 5.92 Å². The van der Waals surface area contributed by atoms with Crippen molar-refractivity contribution < 1.29 is 0 Å². The van der Waals surface area contributed by atoms with Crippen LogP contribution < -0.4 is 5.32 Å². The van der Waals surface area contributed by atoms with Crippen molar-refractivity contribution in [1.82, 2.24) is 15.1 Å². The summed E-state index contributed by atoms with van der Waals surface area (Å²) in [6, 6.07) is 3.28. The maximum Gasteiger partial charge on any atom is 0.109 e. The van der Waals surface area contributed by atoms with Gasteiger partial charge in [-0.15, -0.1) is 0 Å². The van der Waals surface area contributed by atoms with Crippen LogP contribution in [-0.4, -0.2) is 61.2 Å². The molecule has 1 saturated carbocycles. The van der Waals surface area contributed by atoms with Gasteiger partial charge in [0.05, 0.1) is 6.07 Å². The number of nitrogens with zero attached hydrogens (tertiary/aromatic N) is 3. The maximum atomic E-state index is 9.51. The zero-order valence-electron chi connectivity index (χ0n) is 14.1. The molecule has 4 nitrogen and oxygen atoms in total. The number of hydrogen-bond acceptors (Lipinski definition) is 4. The van der Waals surface area contributed by atoms with Gasteiger partial charge in [0.2, 0.25) is 0 Å². The molecule has 1 aliphatic heterocycles. The minimum atomic E-state index is -0.251. The summed E-state index contributed by atoms with van der Waals surface area (Å²) in [6.07, 6.45) is 5.83. The Balaban J connectivity index is 1.76. The van der Waals surface area contributed by atoms with Gasteiger partial charge in [-0.2, -0.15) is 5.26 Å². The second kappa shape index (κ2) is 7.58. The Kier molecular flexibility index (Phi) is 6.04. The molecule has 0 radical (unpaired) electrons. The predicted octanol–water partition coefficient (Wildman–Crippen LogP) is 2.07. The molecule has 1 aliphatic carbocycles. The van der Waals surface area contributed by atoms with Crippen molar-refractivity contribution in [2.24, 2.45) is 5.92 Å². The van der Waals surface area contributed by atoms with Crippen LogP contribution in [0.2, 0.25) is 0 Å². The second-order valence-electron chi connectivity index (χ2n) is 6.85. The topological polar surface area (TPSA) is 42.3 Å². The van der Waals surface area contributed by atoms with Gasteiger partial charge in [-0.25, -0.2) is 0 Å². The summed E-state index contributed by atoms with van der Waals surface area (Å²) in [4.78, 5) is 5.20. The standard InChI is InChI=1S/C17H32N4/c1-4-15(2)21-12-10-20(11-13-21)9-7-16-6-5-8-17(16,14-18)19-3/h15-16,19H,4-13H2,1-3H3. The van der Waals surface area contributed by atoms with E-state index in [9.17, 15) is 5.26 Å². The Morgan fingerprint density at radius 1 is 1.33 bits per heavy atom. The Hall–Kier alpha value is -0.630. The zero-order valence-corrected chi connectivity index (χ0v) is 14.1. The summed E-state index contributed by atoms with van der Waals surface area (Å²) >= 11 is 0. The monoisotopic (exact) mass is 292 g/mol. The lowest BCUT2D eigenvalue weighted by molar-refractivity contribution is 0.0945. The molecule has 0 amide bonds. The van der Waals surface area contributed by atoms with Gasteiger partial charge >= 0.3 is 0 Å². The summed E-state index contributed by atoms with van der Waals surface area (Å²) in [5.74, 6) is 0.528. The van der Waals surface area contributed by atoms with Crippen LogP contribution in [-0.2, 0) is 0 Å². The molecule has 2 rings (SSSR count). The van der Waals surface area contributed by atoms with Gasteiger partial charge in [0.1, 0.15) is 5.54 Å². The fraction of sp³-hybridized carbons (Fsp3) is 0.941. The minimum Gasteiger partial charge on any atom is -0.302 e. The van der Waals surface area contributed by atoms with E-state index in [1.54, 1.807) is 0 Å². The van der Waals surface area contributed by atoms with Gasteiger partial charge in [-0.3, -0.25) is 4.90 Å². The van der Waals surface area contributed by atoms with Crippen molar-refractivity contribution in [3.63, 3.8) is 0 Å². The van der Waals surface area contributed by atoms with Crippen LogP contribution in [0.25, 0.3) is 0 Å².